The molecule has 2 rings (SSSR count). The van der Waals surface area contributed by atoms with Gasteiger partial charge in [0.2, 0.25) is 5.91 Å². The molecule has 1 heterocycles. The molecule has 1 unspecified atom stereocenters. The van der Waals surface area contributed by atoms with Gasteiger partial charge in [-0.1, -0.05) is 24.3 Å². The standard InChI is InChI=1S/C15H18N4O4/c1-3-12(10-4-6-11(23-2)7-5-10)16-14(20)9-19-8-13(15(21)22)17-18-19/h4-8,12H,3,9H2,1-2H3,(H,16,20)(H,21,22). The van der Waals surface area contributed by atoms with E-state index >= 15 is 0 Å². The fraction of sp³-hybridized carbons (Fsp3) is 0.333. The van der Waals surface area contributed by atoms with E-state index in [2.05, 4.69) is 15.6 Å². The number of nitrogens with zero attached hydrogens (tertiary/aromatic N) is 3. The van der Waals surface area contributed by atoms with Crippen LogP contribution < -0.4 is 10.1 Å². The molecule has 8 nitrogen and oxygen atoms in total. The smallest absolute Gasteiger partial charge is 0.358 e. The summed E-state index contributed by atoms with van der Waals surface area (Å²) in [6.07, 6.45) is 1.94. The van der Waals surface area contributed by atoms with Crippen molar-refractivity contribution < 1.29 is 19.4 Å². The van der Waals surface area contributed by atoms with Gasteiger partial charge in [-0.25, -0.2) is 9.48 Å². The first-order chi connectivity index (χ1) is 11.0. The molecule has 0 saturated carbocycles. The molecular formula is C15H18N4O4. The topological polar surface area (TPSA) is 106 Å². The van der Waals surface area contributed by atoms with Crippen LogP contribution in [0, 0.1) is 0 Å². The largest absolute Gasteiger partial charge is 0.497 e. The van der Waals surface area contributed by atoms with Gasteiger partial charge >= 0.3 is 5.97 Å². The molecule has 8 heteroatoms. The Hall–Kier alpha value is -2.90. The lowest BCUT2D eigenvalue weighted by molar-refractivity contribution is -0.122. The average Bonchev–Trinajstić information content (AvgIpc) is 3.01. The summed E-state index contributed by atoms with van der Waals surface area (Å²) >= 11 is 0. The average molecular weight is 318 g/mol. The minimum Gasteiger partial charge on any atom is -0.497 e. The summed E-state index contributed by atoms with van der Waals surface area (Å²) in [5.41, 5.74) is 0.770. The highest BCUT2D eigenvalue weighted by Gasteiger charge is 2.15. The maximum atomic E-state index is 12.1. The predicted molar refractivity (Wildman–Crippen MR) is 81.2 cm³/mol. The molecule has 0 fully saturated rings. The molecule has 1 atom stereocenters. The van der Waals surface area contributed by atoms with Crippen molar-refractivity contribution in [1.29, 1.82) is 0 Å². The second-order valence-electron chi connectivity index (χ2n) is 4.91. The Bertz CT molecular complexity index is 681. The highest BCUT2D eigenvalue weighted by atomic mass is 16.5. The molecule has 2 aromatic rings. The molecule has 0 bridgehead atoms. The maximum absolute atomic E-state index is 12.1. The van der Waals surface area contributed by atoms with E-state index in [1.165, 1.54) is 10.9 Å². The zero-order valence-electron chi connectivity index (χ0n) is 12.9. The Kier molecular flexibility index (Phi) is 5.29. The van der Waals surface area contributed by atoms with Crippen molar-refractivity contribution in [3.63, 3.8) is 0 Å². The van der Waals surface area contributed by atoms with Crippen molar-refractivity contribution in [3.8, 4) is 5.75 Å². The molecule has 2 N–H and O–H groups in total. The SMILES string of the molecule is CCC(NC(=O)Cn1cc(C(=O)O)nn1)c1ccc(OC)cc1. The summed E-state index contributed by atoms with van der Waals surface area (Å²) < 4.78 is 6.30. The third-order valence-corrected chi connectivity index (χ3v) is 3.33. The van der Waals surface area contributed by atoms with Gasteiger partial charge in [-0.3, -0.25) is 4.79 Å². The van der Waals surface area contributed by atoms with Gasteiger partial charge in [-0.2, -0.15) is 0 Å². The van der Waals surface area contributed by atoms with Crippen molar-refractivity contribution >= 4 is 11.9 Å². The molecule has 0 aliphatic heterocycles. The summed E-state index contributed by atoms with van der Waals surface area (Å²) in [5.74, 6) is -0.699. The van der Waals surface area contributed by atoms with E-state index < -0.39 is 5.97 Å². The number of carbonyl (C=O) groups excluding carboxylic acids is 1. The zero-order valence-corrected chi connectivity index (χ0v) is 12.9. The van der Waals surface area contributed by atoms with Gasteiger partial charge in [-0.15, -0.1) is 5.10 Å². The van der Waals surface area contributed by atoms with Crippen LogP contribution in [-0.4, -0.2) is 39.1 Å². The van der Waals surface area contributed by atoms with E-state index in [1.807, 2.05) is 31.2 Å². The number of carboxylic acids is 1. The van der Waals surface area contributed by atoms with Crippen LogP contribution in [0.1, 0.15) is 35.4 Å². The molecule has 1 amide bonds. The Morgan fingerprint density at radius 1 is 1.35 bits per heavy atom. The number of aromatic carboxylic acids is 1. The number of carboxylic acid groups (broad SMARTS) is 1. The van der Waals surface area contributed by atoms with Crippen molar-refractivity contribution in [2.45, 2.75) is 25.9 Å². The number of nitrogens with one attached hydrogen (secondary N) is 1. The number of rotatable bonds is 7. The van der Waals surface area contributed by atoms with E-state index in [0.717, 1.165) is 17.7 Å². The summed E-state index contributed by atoms with van der Waals surface area (Å²) in [4.78, 5) is 22.8. The van der Waals surface area contributed by atoms with Crippen LogP contribution in [0.4, 0.5) is 0 Å². The van der Waals surface area contributed by atoms with Crippen LogP contribution in [-0.2, 0) is 11.3 Å². The summed E-state index contributed by atoms with van der Waals surface area (Å²) in [6, 6.07) is 7.31. The normalized spacial score (nSPS) is 11.7. The number of benzene rings is 1. The third kappa shape index (κ3) is 4.29. The Morgan fingerprint density at radius 3 is 2.57 bits per heavy atom. The van der Waals surface area contributed by atoms with Crippen LogP contribution >= 0.6 is 0 Å². The van der Waals surface area contributed by atoms with E-state index in [1.54, 1.807) is 7.11 Å². The molecule has 0 saturated heterocycles. The molecule has 23 heavy (non-hydrogen) atoms. The summed E-state index contributed by atoms with van der Waals surface area (Å²) in [6.45, 7) is 1.88. The van der Waals surface area contributed by atoms with Gasteiger partial charge in [0.05, 0.1) is 19.3 Å². The second kappa shape index (κ2) is 7.39. The predicted octanol–water partition coefficient (Wildman–Crippen LogP) is 1.25. The van der Waals surface area contributed by atoms with Crippen LogP contribution in [0.25, 0.3) is 0 Å². The second-order valence-corrected chi connectivity index (χ2v) is 4.91. The number of hydrogen-bond acceptors (Lipinski definition) is 5. The maximum Gasteiger partial charge on any atom is 0.358 e. The Balaban J connectivity index is 1.99. The molecule has 122 valence electrons. The molecule has 0 radical (unpaired) electrons. The van der Waals surface area contributed by atoms with Crippen molar-refractivity contribution in [2.75, 3.05) is 7.11 Å². The number of amides is 1. The van der Waals surface area contributed by atoms with Crippen molar-refractivity contribution in [1.82, 2.24) is 20.3 Å². The number of methoxy groups -OCH3 is 1. The van der Waals surface area contributed by atoms with Crippen molar-refractivity contribution in [3.05, 3.63) is 41.7 Å². The fourth-order valence-corrected chi connectivity index (χ4v) is 2.12. The lowest BCUT2D eigenvalue weighted by Gasteiger charge is -2.17. The van der Waals surface area contributed by atoms with Gasteiger partial charge in [0.25, 0.3) is 0 Å². The molecule has 0 aliphatic carbocycles. The molecule has 1 aromatic carbocycles. The minimum atomic E-state index is -1.18. The monoisotopic (exact) mass is 318 g/mol. The first-order valence-electron chi connectivity index (χ1n) is 7.10. The lowest BCUT2D eigenvalue weighted by Crippen LogP contribution is -2.31. The molecule has 0 aliphatic rings. The first-order valence-corrected chi connectivity index (χ1v) is 7.10. The van der Waals surface area contributed by atoms with Gasteiger partial charge < -0.3 is 15.2 Å². The Labute approximate surface area is 133 Å². The number of ether oxygens (including phenoxy) is 1. The molecule has 0 spiro atoms. The molecular weight excluding hydrogens is 300 g/mol. The van der Waals surface area contributed by atoms with Gasteiger partial charge in [0.15, 0.2) is 5.69 Å². The van der Waals surface area contributed by atoms with Gasteiger partial charge in [0, 0.05) is 0 Å². The van der Waals surface area contributed by atoms with E-state index in [4.69, 9.17) is 9.84 Å². The van der Waals surface area contributed by atoms with Gasteiger partial charge in [0.1, 0.15) is 12.3 Å². The number of aromatic nitrogens is 3. The third-order valence-electron chi connectivity index (χ3n) is 3.33. The summed E-state index contributed by atoms with van der Waals surface area (Å²) in [7, 11) is 1.59. The van der Waals surface area contributed by atoms with E-state index in [-0.39, 0.29) is 24.2 Å². The van der Waals surface area contributed by atoms with Crippen LogP contribution in [0.15, 0.2) is 30.5 Å². The van der Waals surface area contributed by atoms with Crippen molar-refractivity contribution in [2.24, 2.45) is 0 Å². The zero-order chi connectivity index (χ0) is 16.8. The number of carbonyl (C=O) groups is 2. The highest BCUT2D eigenvalue weighted by Crippen LogP contribution is 2.20. The molecule has 1 aromatic heterocycles. The first kappa shape index (κ1) is 16.5. The quantitative estimate of drug-likeness (QED) is 0.796. The Morgan fingerprint density at radius 2 is 2.04 bits per heavy atom. The van der Waals surface area contributed by atoms with Crippen LogP contribution in [0.2, 0.25) is 0 Å². The lowest BCUT2D eigenvalue weighted by atomic mass is 10.0. The fourth-order valence-electron chi connectivity index (χ4n) is 2.12. The summed E-state index contributed by atoms with van der Waals surface area (Å²) in [5, 5.41) is 18.8. The van der Waals surface area contributed by atoms with Crippen LogP contribution in [0.3, 0.4) is 0 Å². The number of hydrogen-bond donors (Lipinski definition) is 2. The van der Waals surface area contributed by atoms with Crippen LogP contribution in [0.5, 0.6) is 5.75 Å². The minimum absolute atomic E-state index is 0.0903. The van der Waals surface area contributed by atoms with E-state index in [9.17, 15) is 9.59 Å². The van der Waals surface area contributed by atoms with E-state index in [0.29, 0.717) is 0 Å². The highest BCUT2D eigenvalue weighted by molar-refractivity contribution is 5.84. The van der Waals surface area contributed by atoms with Gasteiger partial charge in [-0.05, 0) is 24.1 Å².